The molecule has 8 heteroatoms. The van der Waals surface area contributed by atoms with E-state index < -0.39 is 5.54 Å². The Bertz CT molecular complexity index is 781. The molecule has 1 aromatic heterocycles. The topological polar surface area (TPSA) is 96.3 Å². The number of nitrogens with one attached hydrogen (secondary N) is 2. The summed E-state index contributed by atoms with van der Waals surface area (Å²) in [6.45, 7) is 6.71. The molecule has 0 bridgehead atoms. The van der Waals surface area contributed by atoms with Crippen molar-refractivity contribution in [3.8, 4) is 0 Å². The maximum absolute atomic E-state index is 12.9. The van der Waals surface area contributed by atoms with E-state index >= 15 is 0 Å². The van der Waals surface area contributed by atoms with E-state index in [1.807, 2.05) is 0 Å². The molecule has 0 aromatic carbocycles. The molecule has 0 radical (unpaired) electrons. The van der Waals surface area contributed by atoms with Crippen molar-refractivity contribution < 1.29 is 14.4 Å². The van der Waals surface area contributed by atoms with E-state index in [1.165, 1.54) is 22.1 Å². The van der Waals surface area contributed by atoms with Gasteiger partial charge < -0.3 is 15.5 Å². The van der Waals surface area contributed by atoms with E-state index in [0.29, 0.717) is 18.2 Å². The first-order valence-electron chi connectivity index (χ1n) is 10.7. The van der Waals surface area contributed by atoms with Gasteiger partial charge in [-0.2, -0.15) is 5.10 Å². The van der Waals surface area contributed by atoms with Gasteiger partial charge >= 0.3 is 0 Å². The van der Waals surface area contributed by atoms with Gasteiger partial charge in [-0.3, -0.25) is 19.1 Å². The number of rotatable bonds is 6. The molecule has 2 N–H and O–H groups in total. The minimum atomic E-state index is -1.05. The summed E-state index contributed by atoms with van der Waals surface area (Å²) in [5, 5.41) is 10.3. The second-order valence-electron chi connectivity index (χ2n) is 8.96. The fraction of sp³-hybridized carbons (Fsp3) is 0.714. The van der Waals surface area contributed by atoms with Gasteiger partial charge in [-0.15, -0.1) is 0 Å². The number of amides is 3. The molecule has 0 spiro atoms. The Morgan fingerprint density at radius 3 is 2.62 bits per heavy atom. The van der Waals surface area contributed by atoms with Gasteiger partial charge in [0.15, 0.2) is 5.69 Å². The Labute approximate surface area is 172 Å². The Kier molecular flexibility index (Phi) is 6.29. The molecular formula is C21H33N5O3. The van der Waals surface area contributed by atoms with Crippen molar-refractivity contribution in [2.45, 2.75) is 77.4 Å². The third-order valence-corrected chi connectivity index (χ3v) is 6.17. The molecule has 2 heterocycles. The van der Waals surface area contributed by atoms with Crippen LogP contribution in [0.2, 0.25) is 0 Å². The highest BCUT2D eigenvalue weighted by molar-refractivity contribution is 6.01. The van der Waals surface area contributed by atoms with Crippen molar-refractivity contribution in [2.75, 3.05) is 13.6 Å². The zero-order valence-electron chi connectivity index (χ0n) is 18.0. The summed E-state index contributed by atoms with van der Waals surface area (Å²) in [5.41, 5.74) is -0.477. The van der Waals surface area contributed by atoms with Crippen LogP contribution in [0.25, 0.3) is 0 Å². The molecular weight excluding hydrogens is 370 g/mol. The van der Waals surface area contributed by atoms with Crippen molar-refractivity contribution in [3.63, 3.8) is 0 Å². The fourth-order valence-electron chi connectivity index (χ4n) is 4.01. The molecule has 1 aliphatic carbocycles. The van der Waals surface area contributed by atoms with Crippen LogP contribution in [-0.2, 0) is 11.3 Å². The molecule has 3 rings (SSSR count). The van der Waals surface area contributed by atoms with E-state index in [9.17, 15) is 14.4 Å². The molecule has 1 atom stereocenters. The van der Waals surface area contributed by atoms with Crippen LogP contribution in [0.3, 0.4) is 0 Å². The second-order valence-corrected chi connectivity index (χ2v) is 8.96. The Morgan fingerprint density at radius 1 is 1.28 bits per heavy atom. The smallest absolute Gasteiger partial charge is 0.272 e. The summed E-state index contributed by atoms with van der Waals surface area (Å²) in [7, 11) is 1.63. The van der Waals surface area contributed by atoms with E-state index in [4.69, 9.17) is 0 Å². The summed E-state index contributed by atoms with van der Waals surface area (Å²) in [4.78, 5) is 39.8. The highest BCUT2D eigenvalue weighted by Crippen LogP contribution is 2.26. The molecule has 1 aliphatic heterocycles. The maximum Gasteiger partial charge on any atom is 0.272 e. The monoisotopic (exact) mass is 403 g/mol. The van der Waals surface area contributed by atoms with Crippen LogP contribution in [0.4, 0.5) is 0 Å². The molecule has 0 unspecified atom stereocenters. The Hall–Kier alpha value is -2.38. The van der Waals surface area contributed by atoms with Crippen LogP contribution >= 0.6 is 0 Å². The third-order valence-electron chi connectivity index (χ3n) is 6.17. The number of aromatic nitrogens is 2. The molecule has 29 heavy (non-hydrogen) atoms. The SMILES string of the molecule is CC(C)CCNC(=O)[C@@]1(C)Cn2nc(C(=O)NC3CCCCC3)cc2C(=O)N1C. The normalized spacial score (nSPS) is 22.5. The summed E-state index contributed by atoms with van der Waals surface area (Å²) < 4.78 is 1.50. The van der Waals surface area contributed by atoms with Crippen LogP contribution in [0.1, 0.15) is 80.3 Å². The molecule has 8 nitrogen and oxygen atoms in total. The third kappa shape index (κ3) is 4.46. The highest BCUT2D eigenvalue weighted by Gasteiger charge is 2.46. The van der Waals surface area contributed by atoms with E-state index in [1.54, 1.807) is 14.0 Å². The number of hydrogen-bond acceptors (Lipinski definition) is 4. The van der Waals surface area contributed by atoms with Gasteiger partial charge in [0, 0.05) is 25.7 Å². The predicted octanol–water partition coefficient (Wildman–Crippen LogP) is 1.95. The van der Waals surface area contributed by atoms with Crippen LogP contribution in [-0.4, -0.2) is 57.6 Å². The number of carbonyl (C=O) groups is 3. The lowest BCUT2D eigenvalue weighted by molar-refractivity contribution is -0.132. The number of fused-ring (bicyclic) bond motifs is 1. The second kappa shape index (κ2) is 8.55. The predicted molar refractivity (Wildman–Crippen MR) is 110 cm³/mol. The Balaban J connectivity index is 1.73. The molecule has 0 saturated heterocycles. The number of carbonyl (C=O) groups excluding carboxylic acids is 3. The summed E-state index contributed by atoms with van der Waals surface area (Å²) in [6.07, 6.45) is 6.29. The largest absolute Gasteiger partial charge is 0.354 e. The standard InChI is InChI=1S/C21H33N5O3/c1-14(2)10-11-22-20(29)21(3)13-26-17(19(28)25(21)4)12-16(24-26)18(27)23-15-8-6-5-7-9-15/h12,14-15H,5-11,13H2,1-4H3,(H,22,29)(H,23,27)/t21-/m1/s1. The number of nitrogens with zero attached hydrogens (tertiary/aromatic N) is 3. The van der Waals surface area contributed by atoms with Gasteiger partial charge in [0.1, 0.15) is 11.2 Å². The molecule has 1 saturated carbocycles. The van der Waals surface area contributed by atoms with Crippen LogP contribution in [0.5, 0.6) is 0 Å². The molecule has 2 aliphatic rings. The molecule has 160 valence electrons. The maximum atomic E-state index is 12.9. The lowest BCUT2D eigenvalue weighted by Crippen LogP contribution is -2.62. The number of hydrogen-bond donors (Lipinski definition) is 2. The molecule has 1 aromatic rings. The van der Waals surface area contributed by atoms with Crippen molar-refractivity contribution in [1.82, 2.24) is 25.3 Å². The van der Waals surface area contributed by atoms with Gasteiger partial charge in [0.05, 0.1) is 6.54 Å². The van der Waals surface area contributed by atoms with Gasteiger partial charge in [-0.1, -0.05) is 33.1 Å². The minimum absolute atomic E-state index is 0.172. The first kappa shape index (κ1) is 21.3. The first-order chi connectivity index (χ1) is 13.7. The average molecular weight is 404 g/mol. The van der Waals surface area contributed by atoms with Crippen molar-refractivity contribution in [2.24, 2.45) is 5.92 Å². The van der Waals surface area contributed by atoms with Crippen molar-refractivity contribution in [1.29, 1.82) is 0 Å². The first-order valence-corrected chi connectivity index (χ1v) is 10.7. The average Bonchev–Trinajstić information content (AvgIpc) is 3.10. The quantitative estimate of drug-likeness (QED) is 0.759. The van der Waals surface area contributed by atoms with Gasteiger partial charge in [0.25, 0.3) is 11.8 Å². The zero-order chi connectivity index (χ0) is 21.2. The highest BCUT2D eigenvalue weighted by atomic mass is 16.2. The van der Waals surface area contributed by atoms with E-state index in [0.717, 1.165) is 32.1 Å². The lowest BCUT2D eigenvalue weighted by Gasteiger charge is -2.40. The van der Waals surface area contributed by atoms with E-state index in [2.05, 4.69) is 29.6 Å². The minimum Gasteiger partial charge on any atom is -0.354 e. The fourth-order valence-corrected chi connectivity index (χ4v) is 4.01. The molecule has 1 fully saturated rings. The molecule has 3 amide bonds. The summed E-state index contributed by atoms with van der Waals surface area (Å²) in [5.74, 6) is -0.278. The van der Waals surface area contributed by atoms with Crippen molar-refractivity contribution in [3.05, 3.63) is 17.5 Å². The van der Waals surface area contributed by atoms with Crippen LogP contribution < -0.4 is 10.6 Å². The Morgan fingerprint density at radius 2 is 1.97 bits per heavy atom. The summed E-state index contributed by atoms with van der Waals surface area (Å²) in [6, 6.07) is 1.71. The van der Waals surface area contributed by atoms with E-state index in [-0.39, 0.29) is 36.0 Å². The van der Waals surface area contributed by atoms with Crippen LogP contribution in [0.15, 0.2) is 6.07 Å². The van der Waals surface area contributed by atoms with Crippen molar-refractivity contribution >= 4 is 17.7 Å². The van der Waals surface area contributed by atoms with Gasteiger partial charge in [-0.25, -0.2) is 0 Å². The van der Waals surface area contributed by atoms with Crippen LogP contribution in [0, 0.1) is 5.92 Å². The lowest BCUT2D eigenvalue weighted by atomic mass is 9.95. The van der Waals surface area contributed by atoms with Gasteiger partial charge in [-0.05, 0) is 32.1 Å². The number of likely N-dealkylation sites (N-methyl/N-ethyl adjacent to an activating group) is 1. The zero-order valence-corrected chi connectivity index (χ0v) is 18.0. The summed E-state index contributed by atoms with van der Waals surface area (Å²) >= 11 is 0. The van der Waals surface area contributed by atoms with Gasteiger partial charge in [0.2, 0.25) is 5.91 Å².